The largest absolute Gasteiger partial charge is 0.497 e. The normalized spacial score (nSPS) is 10.9. The predicted molar refractivity (Wildman–Crippen MR) is 115 cm³/mol. The van der Waals surface area contributed by atoms with Gasteiger partial charge in [0.05, 0.1) is 33.4 Å². The van der Waals surface area contributed by atoms with Gasteiger partial charge in [-0.25, -0.2) is 0 Å². The monoisotopic (exact) mass is 455 g/mol. The van der Waals surface area contributed by atoms with Crippen LogP contribution in [0.3, 0.4) is 0 Å². The quantitative estimate of drug-likeness (QED) is 0.452. The Balaban J connectivity index is 1.64. The molecule has 5 nitrogen and oxygen atoms in total. The first kappa shape index (κ1) is 18.7. The number of thiophene rings is 1. The van der Waals surface area contributed by atoms with Crippen LogP contribution in [0.4, 0.5) is 0 Å². The Kier molecular flexibility index (Phi) is 5.45. The van der Waals surface area contributed by atoms with E-state index in [1.807, 2.05) is 53.1 Å². The second-order valence-corrected chi connectivity index (χ2v) is 8.73. The van der Waals surface area contributed by atoms with E-state index in [0.717, 1.165) is 31.0 Å². The standard InChI is InChI=1S/C21H18BrN3O2S/c1-27-16-7-4-5-14(9-16)13-25-17-11-20(22)28-19(17)10-18(25)21(26)24-12-15-6-2-3-8-23-15/h2-11H,12-13H2,1H3,(H,24,26). The molecular weight excluding hydrogens is 438 g/mol. The third-order valence-electron chi connectivity index (χ3n) is 4.42. The number of carbonyl (C=O) groups is 1. The zero-order valence-electron chi connectivity index (χ0n) is 15.2. The average Bonchev–Trinajstić information content (AvgIpc) is 3.24. The van der Waals surface area contributed by atoms with Gasteiger partial charge in [0.1, 0.15) is 11.4 Å². The predicted octanol–water partition coefficient (Wildman–Crippen LogP) is 4.85. The summed E-state index contributed by atoms with van der Waals surface area (Å²) in [6.45, 7) is 0.970. The van der Waals surface area contributed by atoms with Crippen LogP contribution in [0.1, 0.15) is 21.7 Å². The molecule has 0 saturated heterocycles. The van der Waals surface area contributed by atoms with Crippen LogP contribution in [0.2, 0.25) is 0 Å². The molecule has 0 atom stereocenters. The number of pyridine rings is 1. The first-order chi connectivity index (χ1) is 13.6. The lowest BCUT2D eigenvalue weighted by atomic mass is 10.2. The van der Waals surface area contributed by atoms with Crippen LogP contribution < -0.4 is 10.1 Å². The smallest absolute Gasteiger partial charge is 0.268 e. The molecule has 0 aliphatic heterocycles. The van der Waals surface area contributed by atoms with Crippen molar-refractivity contribution in [1.82, 2.24) is 14.9 Å². The molecule has 0 spiro atoms. The number of nitrogens with one attached hydrogen (secondary N) is 1. The van der Waals surface area contributed by atoms with Gasteiger partial charge in [-0.15, -0.1) is 11.3 Å². The Morgan fingerprint density at radius 1 is 1.21 bits per heavy atom. The van der Waals surface area contributed by atoms with Gasteiger partial charge < -0.3 is 14.6 Å². The van der Waals surface area contributed by atoms with Crippen LogP contribution in [-0.2, 0) is 13.1 Å². The highest BCUT2D eigenvalue weighted by atomic mass is 79.9. The highest BCUT2D eigenvalue weighted by Gasteiger charge is 2.18. The van der Waals surface area contributed by atoms with Crippen LogP contribution in [0.15, 0.2) is 64.6 Å². The lowest BCUT2D eigenvalue weighted by molar-refractivity contribution is 0.0942. The molecule has 0 saturated carbocycles. The number of ether oxygens (including phenoxy) is 1. The molecule has 1 amide bonds. The summed E-state index contributed by atoms with van der Waals surface area (Å²) in [5, 5.41) is 2.98. The van der Waals surface area contributed by atoms with Crippen LogP contribution in [0, 0.1) is 0 Å². The molecule has 1 N–H and O–H groups in total. The summed E-state index contributed by atoms with van der Waals surface area (Å²) in [5.74, 6) is 0.682. The second-order valence-electron chi connectivity index (χ2n) is 6.27. The molecule has 0 aliphatic carbocycles. The minimum atomic E-state index is -0.118. The molecule has 28 heavy (non-hydrogen) atoms. The van der Waals surface area contributed by atoms with E-state index in [0.29, 0.717) is 18.8 Å². The molecule has 3 heterocycles. The summed E-state index contributed by atoms with van der Waals surface area (Å²) >= 11 is 5.16. The van der Waals surface area contributed by atoms with Gasteiger partial charge >= 0.3 is 0 Å². The lowest BCUT2D eigenvalue weighted by Gasteiger charge is -2.12. The Bertz CT molecular complexity index is 1120. The number of carbonyl (C=O) groups excluding carboxylic acids is 1. The number of fused-ring (bicyclic) bond motifs is 1. The SMILES string of the molecule is COc1cccc(Cn2c(C(=O)NCc3ccccn3)cc3sc(Br)cc32)c1. The van der Waals surface area contributed by atoms with E-state index < -0.39 is 0 Å². The molecule has 0 aliphatic rings. The number of benzene rings is 1. The Morgan fingerprint density at radius 3 is 2.89 bits per heavy atom. The number of amides is 1. The maximum atomic E-state index is 12.9. The fourth-order valence-corrected chi connectivity index (χ4v) is 4.65. The summed E-state index contributed by atoms with van der Waals surface area (Å²) in [6, 6.07) is 17.5. The number of aromatic nitrogens is 2. The van der Waals surface area contributed by atoms with E-state index in [4.69, 9.17) is 4.74 Å². The highest BCUT2D eigenvalue weighted by molar-refractivity contribution is 9.11. The van der Waals surface area contributed by atoms with Crippen LogP contribution in [0.25, 0.3) is 10.2 Å². The van der Waals surface area contributed by atoms with Crippen LogP contribution in [0.5, 0.6) is 5.75 Å². The molecule has 3 aromatic heterocycles. The summed E-state index contributed by atoms with van der Waals surface area (Å²) < 4.78 is 9.48. The molecule has 142 valence electrons. The molecular formula is C21H18BrN3O2S. The van der Waals surface area contributed by atoms with Gasteiger partial charge in [-0.2, -0.15) is 0 Å². The number of nitrogens with zero attached hydrogens (tertiary/aromatic N) is 2. The van der Waals surface area contributed by atoms with Gasteiger partial charge in [0, 0.05) is 12.7 Å². The van der Waals surface area contributed by atoms with Gasteiger partial charge in [-0.3, -0.25) is 9.78 Å². The zero-order chi connectivity index (χ0) is 19.5. The van der Waals surface area contributed by atoms with Gasteiger partial charge in [-0.1, -0.05) is 18.2 Å². The van der Waals surface area contributed by atoms with Crippen molar-refractivity contribution < 1.29 is 9.53 Å². The molecule has 4 rings (SSSR count). The molecule has 0 radical (unpaired) electrons. The number of hydrogen-bond acceptors (Lipinski definition) is 4. The van der Waals surface area contributed by atoms with Gasteiger partial charge in [0.15, 0.2) is 0 Å². The van der Waals surface area contributed by atoms with E-state index in [9.17, 15) is 4.79 Å². The third kappa shape index (κ3) is 3.95. The number of methoxy groups -OCH3 is 1. The van der Waals surface area contributed by atoms with E-state index in [1.54, 1.807) is 24.6 Å². The Morgan fingerprint density at radius 2 is 2.11 bits per heavy atom. The van der Waals surface area contributed by atoms with Crippen molar-refractivity contribution in [3.8, 4) is 5.75 Å². The van der Waals surface area contributed by atoms with Crippen molar-refractivity contribution in [3.63, 3.8) is 0 Å². The number of rotatable bonds is 6. The highest BCUT2D eigenvalue weighted by Crippen LogP contribution is 2.33. The van der Waals surface area contributed by atoms with Crippen molar-refractivity contribution in [2.45, 2.75) is 13.1 Å². The Hall–Kier alpha value is -2.64. The maximum absolute atomic E-state index is 12.9. The molecule has 7 heteroatoms. The fourth-order valence-electron chi connectivity index (χ4n) is 3.09. The maximum Gasteiger partial charge on any atom is 0.268 e. The molecule has 0 bridgehead atoms. The Labute approximate surface area is 175 Å². The van der Waals surface area contributed by atoms with E-state index in [2.05, 4.69) is 32.3 Å². The van der Waals surface area contributed by atoms with Gasteiger partial charge in [0.2, 0.25) is 0 Å². The van der Waals surface area contributed by atoms with E-state index in [1.165, 1.54) is 0 Å². The molecule has 0 unspecified atom stereocenters. The molecule has 4 aromatic rings. The first-order valence-electron chi connectivity index (χ1n) is 8.73. The summed E-state index contributed by atoms with van der Waals surface area (Å²) in [4.78, 5) is 17.2. The molecule has 0 fully saturated rings. The van der Waals surface area contributed by atoms with Gasteiger partial charge in [0.25, 0.3) is 5.91 Å². The topological polar surface area (TPSA) is 56.1 Å². The number of hydrogen-bond donors (Lipinski definition) is 1. The average molecular weight is 456 g/mol. The zero-order valence-corrected chi connectivity index (χ0v) is 17.6. The van der Waals surface area contributed by atoms with Crippen molar-refractivity contribution in [2.75, 3.05) is 7.11 Å². The van der Waals surface area contributed by atoms with Gasteiger partial charge in [-0.05, 0) is 57.9 Å². The third-order valence-corrected chi connectivity index (χ3v) is 6.00. The van der Waals surface area contributed by atoms with Crippen molar-refractivity contribution >= 4 is 43.4 Å². The van der Waals surface area contributed by atoms with Crippen molar-refractivity contribution in [3.05, 3.63) is 81.5 Å². The second kappa shape index (κ2) is 8.16. The summed E-state index contributed by atoms with van der Waals surface area (Å²) in [6.07, 6.45) is 1.72. The summed E-state index contributed by atoms with van der Waals surface area (Å²) in [5.41, 5.74) is 3.56. The van der Waals surface area contributed by atoms with E-state index in [-0.39, 0.29) is 5.91 Å². The summed E-state index contributed by atoms with van der Waals surface area (Å²) in [7, 11) is 1.65. The van der Waals surface area contributed by atoms with Crippen LogP contribution in [-0.4, -0.2) is 22.6 Å². The van der Waals surface area contributed by atoms with Crippen molar-refractivity contribution in [1.29, 1.82) is 0 Å². The number of halogens is 1. The lowest BCUT2D eigenvalue weighted by Crippen LogP contribution is -2.26. The van der Waals surface area contributed by atoms with E-state index >= 15 is 0 Å². The minimum Gasteiger partial charge on any atom is -0.497 e. The fraction of sp³-hybridized carbons (Fsp3) is 0.143. The molecule has 1 aromatic carbocycles. The minimum absolute atomic E-state index is 0.118. The first-order valence-corrected chi connectivity index (χ1v) is 10.3. The van der Waals surface area contributed by atoms with Crippen LogP contribution >= 0.6 is 27.3 Å². The van der Waals surface area contributed by atoms with Crippen molar-refractivity contribution in [2.24, 2.45) is 0 Å².